The molecule has 4 rings (SSSR count). The van der Waals surface area contributed by atoms with E-state index >= 15 is 0 Å². The van der Waals surface area contributed by atoms with E-state index in [1.807, 2.05) is 30.3 Å². The first-order valence-corrected chi connectivity index (χ1v) is 9.21. The molecule has 7 nitrogen and oxygen atoms in total. The monoisotopic (exact) mass is 356 g/mol. The molecule has 26 heavy (non-hydrogen) atoms. The highest BCUT2D eigenvalue weighted by atomic mass is 16.7. The van der Waals surface area contributed by atoms with Gasteiger partial charge in [-0.15, -0.1) is 0 Å². The molecule has 1 saturated carbocycles. The largest absolute Gasteiger partial charge is 0.393 e. The fraction of sp³-hybridized carbons (Fsp3) is 0.474. The van der Waals surface area contributed by atoms with E-state index in [0.29, 0.717) is 30.5 Å². The molecule has 1 aliphatic heterocycles. The summed E-state index contributed by atoms with van der Waals surface area (Å²) in [4.78, 5) is 25.0. The molecule has 2 aromatic rings. The van der Waals surface area contributed by atoms with Gasteiger partial charge in [-0.25, -0.2) is 10.0 Å². The number of anilines is 2. The number of aromatic nitrogens is 2. The topological polar surface area (TPSA) is 90.5 Å². The van der Waals surface area contributed by atoms with Gasteiger partial charge in [0.05, 0.1) is 12.4 Å². The van der Waals surface area contributed by atoms with Crippen LogP contribution < -0.4 is 15.9 Å². The van der Waals surface area contributed by atoms with Crippen LogP contribution in [0.5, 0.6) is 0 Å². The minimum absolute atomic E-state index is 0.235. The van der Waals surface area contributed by atoms with Crippen molar-refractivity contribution in [1.29, 1.82) is 0 Å². The van der Waals surface area contributed by atoms with Crippen LogP contribution in [0.2, 0.25) is 0 Å². The predicted octanol–water partition coefficient (Wildman–Crippen LogP) is 2.40. The minimum Gasteiger partial charge on any atom is -0.393 e. The van der Waals surface area contributed by atoms with E-state index in [4.69, 9.17) is 4.84 Å². The summed E-state index contributed by atoms with van der Waals surface area (Å²) in [5.74, 6) is 0.788. The second kappa shape index (κ2) is 7.47. The third kappa shape index (κ3) is 3.45. The van der Waals surface area contributed by atoms with Crippen molar-refractivity contribution in [3.8, 4) is 0 Å². The Balaban J connectivity index is 1.52. The second-order valence-corrected chi connectivity index (χ2v) is 7.02. The zero-order chi connectivity index (χ0) is 17.9. The number of aromatic amines is 1. The number of rotatable bonds is 6. The van der Waals surface area contributed by atoms with E-state index in [9.17, 15) is 9.90 Å². The van der Waals surface area contributed by atoms with Crippen LogP contribution in [0, 0.1) is 5.92 Å². The lowest BCUT2D eigenvalue weighted by atomic mass is 9.97. The summed E-state index contributed by atoms with van der Waals surface area (Å²) in [6, 6.07) is 9.84. The molecule has 2 aliphatic rings. The Labute approximate surface area is 152 Å². The summed E-state index contributed by atoms with van der Waals surface area (Å²) in [5, 5.41) is 15.4. The van der Waals surface area contributed by atoms with Crippen LogP contribution in [0.3, 0.4) is 0 Å². The van der Waals surface area contributed by atoms with Crippen LogP contribution in [-0.4, -0.2) is 27.3 Å². The zero-order valence-corrected chi connectivity index (χ0v) is 14.6. The molecule has 1 aromatic heterocycles. The third-order valence-corrected chi connectivity index (χ3v) is 5.26. The van der Waals surface area contributed by atoms with Crippen LogP contribution in [0.25, 0.3) is 0 Å². The molecule has 0 amide bonds. The maximum atomic E-state index is 12.1. The van der Waals surface area contributed by atoms with Crippen LogP contribution in [0.1, 0.15) is 37.7 Å². The number of fused-ring (bicyclic) bond motifs is 1. The highest BCUT2D eigenvalue weighted by Crippen LogP contribution is 2.35. The van der Waals surface area contributed by atoms with E-state index < -0.39 is 6.10 Å². The SMILES string of the molecule is O=c1[nH]cnc2c1NC(CC(O)C1CCCC1)N2OCc1ccccc1. The number of benzene rings is 1. The standard InChI is InChI=1S/C19H24N4O3/c24-15(14-8-4-5-9-14)10-16-22-17-18(20-12-21-19(17)25)23(16)26-11-13-6-2-1-3-7-13/h1-3,6-7,12,14-16,22,24H,4-5,8-11H2,(H,20,21,25). The Morgan fingerprint density at radius 1 is 1.27 bits per heavy atom. The first kappa shape index (κ1) is 17.1. The van der Waals surface area contributed by atoms with Crippen molar-refractivity contribution in [2.45, 2.75) is 51.0 Å². The van der Waals surface area contributed by atoms with Gasteiger partial charge in [0.25, 0.3) is 5.56 Å². The molecule has 2 heterocycles. The summed E-state index contributed by atoms with van der Waals surface area (Å²) in [6.07, 6.45) is 5.58. The summed E-state index contributed by atoms with van der Waals surface area (Å²) in [7, 11) is 0. The Morgan fingerprint density at radius 2 is 2.04 bits per heavy atom. The molecule has 1 aromatic carbocycles. The number of aliphatic hydroxyl groups is 1. The van der Waals surface area contributed by atoms with Gasteiger partial charge in [-0.3, -0.25) is 9.63 Å². The predicted molar refractivity (Wildman–Crippen MR) is 98.6 cm³/mol. The molecule has 1 aliphatic carbocycles. The van der Waals surface area contributed by atoms with Crippen LogP contribution in [0.15, 0.2) is 41.5 Å². The van der Waals surface area contributed by atoms with Crippen molar-refractivity contribution < 1.29 is 9.94 Å². The number of hydrogen-bond donors (Lipinski definition) is 3. The smallest absolute Gasteiger partial charge is 0.276 e. The van der Waals surface area contributed by atoms with Crippen molar-refractivity contribution in [1.82, 2.24) is 9.97 Å². The average Bonchev–Trinajstić information content (AvgIpc) is 3.30. The van der Waals surface area contributed by atoms with Crippen LogP contribution in [-0.2, 0) is 11.4 Å². The van der Waals surface area contributed by atoms with Gasteiger partial charge in [0.15, 0.2) is 5.82 Å². The Kier molecular flexibility index (Phi) is 4.90. The van der Waals surface area contributed by atoms with Gasteiger partial charge in [0, 0.05) is 6.42 Å². The highest BCUT2D eigenvalue weighted by Gasteiger charge is 2.36. The fourth-order valence-electron chi connectivity index (χ4n) is 3.85. The number of nitrogens with zero attached hydrogens (tertiary/aromatic N) is 2. The maximum Gasteiger partial charge on any atom is 0.276 e. The average molecular weight is 356 g/mol. The normalized spacial score (nSPS) is 20.8. The van der Waals surface area contributed by atoms with Crippen LogP contribution >= 0.6 is 0 Å². The number of hydroxylamine groups is 1. The van der Waals surface area contributed by atoms with Crippen LogP contribution in [0.4, 0.5) is 11.5 Å². The molecule has 7 heteroatoms. The highest BCUT2D eigenvalue weighted by molar-refractivity contribution is 5.69. The molecular weight excluding hydrogens is 332 g/mol. The quantitative estimate of drug-likeness (QED) is 0.736. The number of hydrogen-bond acceptors (Lipinski definition) is 6. The first-order valence-electron chi connectivity index (χ1n) is 9.21. The number of nitrogens with one attached hydrogen (secondary N) is 2. The fourth-order valence-corrected chi connectivity index (χ4v) is 3.85. The van der Waals surface area contributed by atoms with E-state index in [-0.39, 0.29) is 11.7 Å². The number of H-pyrrole nitrogens is 1. The summed E-state index contributed by atoms with van der Waals surface area (Å²) in [5.41, 5.74) is 1.19. The lowest BCUT2D eigenvalue weighted by molar-refractivity contribution is 0.0490. The maximum absolute atomic E-state index is 12.1. The van der Waals surface area contributed by atoms with E-state index in [1.165, 1.54) is 19.2 Å². The third-order valence-electron chi connectivity index (χ3n) is 5.26. The van der Waals surface area contributed by atoms with E-state index in [1.54, 1.807) is 5.06 Å². The van der Waals surface area contributed by atoms with Gasteiger partial charge in [-0.1, -0.05) is 43.2 Å². The minimum atomic E-state index is -0.425. The van der Waals surface area contributed by atoms with E-state index in [0.717, 1.165) is 18.4 Å². The van der Waals surface area contributed by atoms with Crippen molar-refractivity contribution in [3.63, 3.8) is 0 Å². The molecule has 0 saturated heterocycles. The molecule has 3 N–H and O–H groups in total. The van der Waals surface area contributed by atoms with Gasteiger partial charge in [0.1, 0.15) is 18.5 Å². The van der Waals surface area contributed by atoms with Crippen molar-refractivity contribution in [3.05, 3.63) is 52.6 Å². The van der Waals surface area contributed by atoms with Gasteiger partial charge in [-0.2, -0.15) is 0 Å². The summed E-state index contributed by atoms with van der Waals surface area (Å²) < 4.78 is 0. The second-order valence-electron chi connectivity index (χ2n) is 7.02. The Bertz CT molecular complexity index is 789. The van der Waals surface area contributed by atoms with E-state index in [2.05, 4.69) is 15.3 Å². The van der Waals surface area contributed by atoms with Gasteiger partial charge in [-0.05, 0) is 24.3 Å². The molecule has 0 radical (unpaired) electrons. The molecular formula is C19H24N4O3. The molecule has 2 atom stereocenters. The Hall–Kier alpha value is -2.38. The van der Waals surface area contributed by atoms with Gasteiger partial charge < -0.3 is 15.4 Å². The molecule has 1 fully saturated rings. The van der Waals surface area contributed by atoms with Crippen molar-refractivity contribution >= 4 is 11.5 Å². The first-order chi connectivity index (χ1) is 12.7. The lowest BCUT2D eigenvalue weighted by Gasteiger charge is -2.28. The molecule has 0 bridgehead atoms. The van der Waals surface area contributed by atoms with Gasteiger partial charge in [0.2, 0.25) is 0 Å². The van der Waals surface area contributed by atoms with Crippen molar-refractivity contribution in [2.24, 2.45) is 5.92 Å². The zero-order valence-electron chi connectivity index (χ0n) is 14.6. The van der Waals surface area contributed by atoms with Crippen molar-refractivity contribution in [2.75, 3.05) is 10.4 Å². The summed E-state index contributed by atoms with van der Waals surface area (Å²) in [6.45, 7) is 0.368. The Morgan fingerprint density at radius 3 is 2.81 bits per heavy atom. The molecule has 138 valence electrons. The molecule has 2 unspecified atom stereocenters. The number of aliphatic hydroxyl groups excluding tert-OH is 1. The summed E-state index contributed by atoms with van der Waals surface area (Å²) >= 11 is 0. The molecule has 0 spiro atoms. The lowest BCUT2D eigenvalue weighted by Crippen LogP contribution is -2.40. The van der Waals surface area contributed by atoms with Gasteiger partial charge >= 0.3 is 0 Å².